The van der Waals surface area contributed by atoms with Gasteiger partial charge in [0.1, 0.15) is 0 Å². The van der Waals surface area contributed by atoms with Crippen molar-refractivity contribution in [1.82, 2.24) is 10.2 Å². The van der Waals surface area contributed by atoms with E-state index in [0.717, 1.165) is 16.7 Å². The van der Waals surface area contributed by atoms with Crippen LogP contribution in [0.1, 0.15) is 36.0 Å². The number of nitrogens with one attached hydrogen (secondary N) is 1. The van der Waals surface area contributed by atoms with E-state index in [2.05, 4.69) is 5.32 Å². The van der Waals surface area contributed by atoms with Crippen molar-refractivity contribution in [2.24, 2.45) is 0 Å². The molecule has 0 spiro atoms. The molecule has 174 valence electrons. The molecule has 2 aromatic rings. The SMILES string of the molecule is COCCCN1C(=O)CC(CC(=O)NCc2ccc3c(c2)OCO3)(c2ccccc2C)C1=O. The summed E-state index contributed by atoms with van der Waals surface area (Å²) in [5, 5.41) is 2.90. The zero-order valence-corrected chi connectivity index (χ0v) is 18.9. The molecule has 1 N–H and O–H groups in total. The number of methoxy groups -OCH3 is 1. The second-order valence-electron chi connectivity index (χ2n) is 8.41. The Labute approximate surface area is 192 Å². The van der Waals surface area contributed by atoms with E-state index < -0.39 is 5.41 Å². The molecule has 8 heteroatoms. The van der Waals surface area contributed by atoms with Gasteiger partial charge in [-0.25, -0.2) is 0 Å². The summed E-state index contributed by atoms with van der Waals surface area (Å²) < 4.78 is 15.8. The van der Waals surface area contributed by atoms with Gasteiger partial charge in [-0.3, -0.25) is 19.3 Å². The number of carbonyl (C=O) groups is 3. The van der Waals surface area contributed by atoms with E-state index in [1.54, 1.807) is 13.2 Å². The molecular weight excluding hydrogens is 424 g/mol. The molecule has 1 unspecified atom stereocenters. The van der Waals surface area contributed by atoms with Crippen molar-refractivity contribution in [3.05, 3.63) is 59.2 Å². The second kappa shape index (κ2) is 9.62. The molecule has 4 rings (SSSR count). The molecule has 2 aliphatic heterocycles. The number of rotatable bonds is 9. The maximum absolute atomic E-state index is 13.6. The lowest BCUT2D eigenvalue weighted by Gasteiger charge is -2.28. The summed E-state index contributed by atoms with van der Waals surface area (Å²) in [6, 6.07) is 12.9. The molecule has 2 aromatic carbocycles. The van der Waals surface area contributed by atoms with Gasteiger partial charge in [0.2, 0.25) is 24.5 Å². The van der Waals surface area contributed by atoms with Gasteiger partial charge in [0, 0.05) is 39.6 Å². The summed E-state index contributed by atoms with van der Waals surface area (Å²) in [4.78, 5) is 40.8. The zero-order chi connectivity index (χ0) is 23.4. The molecule has 2 aliphatic rings. The number of hydrogen-bond acceptors (Lipinski definition) is 6. The summed E-state index contributed by atoms with van der Waals surface area (Å²) in [5.41, 5.74) is 1.23. The van der Waals surface area contributed by atoms with Crippen LogP contribution in [0.25, 0.3) is 0 Å². The maximum atomic E-state index is 13.6. The molecule has 0 aliphatic carbocycles. The van der Waals surface area contributed by atoms with Gasteiger partial charge in [0.15, 0.2) is 11.5 Å². The number of benzene rings is 2. The van der Waals surface area contributed by atoms with Crippen molar-refractivity contribution in [1.29, 1.82) is 0 Å². The zero-order valence-electron chi connectivity index (χ0n) is 18.9. The van der Waals surface area contributed by atoms with E-state index in [0.29, 0.717) is 24.5 Å². The predicted octanol–water partition coefficient (Wildman–Crippen LogP) is 2.46. The van der Waals surface area contributed by atoms with Gasteiger partial charge in [-0.1, -0.05) is 30.3 Å². The van der Waals surface area contributed by atoms with Crippen LogP contribution in [-0.4, -0.2) is 49.7 Å². The van der Waals surface area contributed by atoms with E-state index in [9.17, 15) is 14.4 Å². The summed E-state index contributed by atoms with van der Waals surface area (Å²) in [6.45, 7) is 3.08. The molecule has 0 saturated carbocycles. The monoisotopic (exact) mass is 452 g/mol. The third-order valence-electron chi connectivity index (χ3n) is 6.19. The fourth-order valence-corrected chi connectivity index (χ4v) is 4.54. The van der Waals surface area contributed by atoms with E-state index >= 15 is 0 Å². The van der Waals surface area contributed by atoms with Crippen molar-refractivity contribution in [3.63, 3.8) is 0 Å². The van der Waals surface area contributed by atoms with Gasteiger partial charge in [-0.05, 0) is 42.2 Å². The molecule has 0 bridgehead atoms. The van der Waals surface area contributed by atoms with Crippen LogP contribution in [0.2, 0.25) is 0 Å². The molecule has 0 aromatic heterocycles. The van der Waals surface area contributed by atoms with Gasteiger partial charge in [0.05, 0.1) is 5.41 Å². The molecule has 33 heavy (non-hydrogen) atoms. The number of nitrogens with zero attached hydrogens (tertiary/aromatic N) is 1. The lowest BCUT2D eigenvalue weighted by Crippen LogP contribution is -2.43. The fraction of sp³-hybridized carbons (Fsp3) is 0.400. The molecule has 0 radical (unpaired) electrons. The van der Waals surface area contributed by atoms with E-state index in [4.69, 9.17) is 14.2 Å². The molecule has 8 nitrogen and oxygen atoms in total. The first kappa shape index (κ1) is 22.8. The normalized spacial score (nSPS) is 19.3. The third kappa shape index (κ3) is 4.57. The molecule has 1 fully saturated rings. The van der Waals surface area contributed by atoms with Gasteiger partial charge in [-0.15, -0.1) is 0 Å². The van der Waals surface area contributed by atoms with Crippen LogP contribution >= 0.6 is 0 Å². The number of fused-ring (bicyclic) bond motifs is 1. The third-order valence-corrected chi connectivity index (χ3v) is 6.19. The Morgan fingerprint density at radius 3 is 2.73 bits per heavy atom. The first-order valence-corrected chi connectivity index (χ1v) is 11.0. The summed E-state index contributed by atoms with van der Waals surface area (Å²) in [6.07, 6.45) is 0.420. The highest BCUT2D eigenvalue weighted by Gasteiger charge is 2.53. The molecule has 1 saturated heterocycles. The Kier molecular flexibility index (Phi) is 6.65. The van der Waals surface area contributed by atoms with Crippen LogP contribution in [0, 0.1) is 6.92 Å². The van der Waals surface area contributed by atoms with Crippen LogP contribution in [0.3, 0.4) is 0 Å². The van der Waals surface area contributed by atoms with Crippen LogP contribution in [0.15, 0.2) is 42.5 Å². The first-order chi connectivity index (χ1) is 15.9. The summed E-state index contributed by atoms with van der Waals surface area (Å²) in [5.74, 6) is 0.434. The smallest absolute Gasteiger partial charge is 0.240 e. The summed E-state index contributed by atoms with van der Waals surface area (Å²) >= 11 is 0. The number of amides is 3. The number of likely N-dealkylation sites (tertiary alicyclic amines) is 1. The Hall–Kier alpha value is -3.39. The minimum Gasteiger partial charge on any atom is -0.454 e. The van der Waals surface area contributed by atoms with Gasteiger partial charge < -0.3 is 19.5 Å². The van der Waals surface area contributed by atoms with Crippen molar-refractivity contribution < 1.29 is 28.6 Å². The summed E-state index contributed by atoms with van der Waals surface area (Å²) in [7, 11) is 1.58. The minimum atomic E-state index is -1.21. The number of hydrogen-bond donors (Lipinski definition) is 1. The fourth-order valence-electron chi connectivity index (χ4n) is 4.54. The average molecular weight is 453 g/mol. The van der Waals surface area contributed by atoms with Gasteiger partial charge in [0.25, 0.3) is 0 Å². The lowest BCUT2D eigenvalue weighted by atomic mass is 9.74. The predicted molar refractivity (Wildman–Crippen MR) is 120 cm³/mol. The minimum absolute atomic E-state index is 0.0267. The first-order valence-electron chi connectivity index (χ1n) is 11.0. The lowest BCUT2D eigenvalue weighted by molar-refractivity contribution is -0.141. The Bertz CT molecular complexity index is 1070. The largest absolute Gasteiger partial charge is 0.454 e. The average Bonchev–Trinajstić information content (AvgIpc) is 3.36. The second-order valence-corrected chi connectivity index (χ2v) is 8.41. The number of imide groups is 1. The quantitative estimate of drug-likeness (QED) is 0.464. The van der Waals surface area contributed by atoms with Crippen molar-refractivity contribution in [3.8, 4) is 11.5 Å². The van der Waals surface area contributed by atoms with Crippen LogP contribution in [0.5, 0.6) is 11.5 Å². The topological polar surface area (TPSA) is 94.2 Å². The standard InChI is InChI=1S/C25H28N2O6/c1-17-6-3-4-7-19(17)25(14-23(29)27(24(25)30)10-5-11-31-2)13-22(28)26-15-18-8-9-20-21(12-18)33-16-32-20/h3-4,6-9,12H,5,10-11,13-16H2,1-2H3,(H,26,28). The number of aryl methyl sites for hydroxylation is 1. The van der Waals surface area contributed by atoms with E-state index in [1.807, 2.05) is 43.3 Å². The molecular formula is C25H28N2O6. The van der Waals surface area contributed by atoms with Crippen LogP contribution < -0.4 is 14.8 Å². The highest BCUT2D eigenvalue weighted by atomic mass is 16.7. The molecule has 1 atom stereocenters. The van der Waals surface area contributed by atoms with E-state index in [-0.39, 0.29) is 50.4 Å². The van der Waals surface area contributed by atoms with Crippen LogP contribution in [-0.2, 0) is 31.1 Å². The molecule has 3 amide bonds. The number of carbonyl (C=O) groups excluding carboxylic acids is 3. The highest BCUT2D eigenvalue weighted by Crippen LogP contribution is 2.41. The molecule has 2 heterocycles. The van der Waals surface area contributed by atoms with Gasteiger partial charge >= 0.3 is 0 Å². The number of ether oxygens (including phenoxy) is 3. The van der Waals surface area contributed by atoms with Crippen LogP contribution in [0.4, 0.5) is 0 Å². The Morgan fingerprint density at radius 1 is 1.15 bits per heavy atom. The Balaban J connectivity index is 1.53. The van der Waals surface area contributed by atoms with Crippen molar-refractivity contribution >= 4 is 17.7 Å². The van der Waals surface area contributed by atoms with E-state index in [1.165, 1.54) is 4.90 Å². The van der Waals surface area contributed by atoms with Crippen molar-refractivity contribution in [2.75, 3.05) is 27.1 Å². The highest BCUT2D eigenvalue weighted by molar-refractivity contribution is 6.10. The van der Waals surface area contributed by atoms with Gasteiger partial charge in [-0.2, -0.15) is 0 Å². The Morgan fingerprint density at radius 2 is 1.94 bits per heavy atom. The van der Waals surface area contributed by atoms with Crippen molar-refractivity contribution in [2.45, 2.75) is 38.1 Å². The maximum Gasteiger partial charge on any atom is 0.240 e.